The fourth-order valence-corrected chi connectivity index (χ4v) is 3.75. The summed E-state index contributed by atoms with van der Waals surface area (Å²) in [5.74, 6) is 1.25. The summed E-state index contributed by atoms with van der Waals surface area (Å²) >= 11 is 0. The summed E-state index contributed by atoms with van der Waals surface area (Å²) in [4.78, 5) is 12.5. The molecule has 1 atom stereocenters. The Bertz CT molecular complexity index is 1140. The topological polar surface area (TPSA) is 111 Å². The lowest BCUT2D eigenvalue weighted by Crippen LogP contribution is -2.30. The van der Waals surface area contributed by atoms with Crippen LogP contribution in [-0.4, -0.2) is 25.6 Å². The molecule has 0 aliphatic rings. The lowest BCUT2D eigenvalue weighted by Gasteiger charge is -2.15. The van der Waals surface area contributed by atoms with Crippen LogP contribution in [0.15, 0.2) is 64.0 Å². The Hall–Kier alpha value is -3.33. The minimum absolute atomic E-state index is 0.0284. The van der Waals surface area contributed by atoms with E-state index in [-0.39, 0.29) is 16.6 Å². The number of sulfonamides is 1. The molecular weight excluding hydrogens is 418 g/mol. The molecule has 0 saturated heterocycles. The van der Waals surface area contributed by atoms with Crippen molar-refractivity contribution in [1.29, 1.82) is 0 Å². The van der Waals surface area contributed by atoms with Crippen LogP contribution >= 0.6 is 0 Å². The summed E-state index contributed by atoms with van der Waals surface area (Å²) in [6, 6.07) is 14.9. The van der Waals surface area contributed by atoms with Crippen LogP contribution in [0.5, 0.6) is 5.75 Å². The van der Waals surface area contributed by atoms with Gasteiger partial charge in [-0.15, -0.1) is 0 Å². The molecule has 1 heterocycles. The molecule has 0 spiro atoms. The van der Waals surface area contributed by atoms with E-state index in [2.05, 4.69) is 29.0 Å². The third-order valence-corrected chi connectivity index (χ3v) is 5.90. The molecule has 31 heavy (non-hydrogen) atoms. The van der Waals surface area contributed by atoms with Gasteiger partial charge in [0.25, 0.3) is 15.9 Å². The molecular formula is C22H25N3O5S. The number of carbonyl (C=O) groups is 1. The first kappa shape index (κ1) is 22.4. The van der Waals surface area contributed by atoms with Crippen molar-refractivity contribution in [3.8, 4) is 5.75 Å². The number of hydrogen-bond acceptors (Lipinski definition) is 6. The zero-order chi connectivity index (χ0) is 22.6. The molecule has 2 aromatic carbocycles. The third-order valence-electron chi connectivity index (χ3n) is 4.53. The number of rotatable bonds is 8. The molecule has 0 aliphatic heterocycles. The summed E-state index contributed by atoms with van der Waals surface area (Å²) in [5, 5.41) is 6.33. The Morgan fingerprint density at radius 3 is 2.23 bits per heavy atom. The van der Waals surface area contributed by atoms with Crippen LogP contribution in [0.3, 0.4) is 0 Å². The van der Waals surface area contributed by atoms with Gasteiger partial charge >= 0.3 is 0 Å². The molecule has 1 aromatic heterocycles. The van der Waals surface area contributed by atoms with E-state index in [9.17, 15) is 13.2 Å². The highest BCUT2D eigenvalue weighted by atomic mass is 32.2. The number of anilines is 2. The van der Waals surface area contributed by atoms with E-state index in [0.29, 0.717) is 23.1 Å². The lowest BCUT2D eigenvalue weighted by molar-refractivity contribution is -0.122. The second-order valence-corrected chi connectivity index (χ2v) is 9.11. The SMILES string of the molecule is Cc1cc(NS(=O)(=O)c2ccc(NC(=O)[C@H](C)Oc3ccc(C(C)C)cc3)cc2)no1. The van der Waals surface area contributed by atoms with Gasteiger partial charge in [0.15, 0.2) is 11.9 Å². The fraction of sp³-hybridized carbons (Fsp3) is 0.273. The number of nitrogens with zero attached hydrogens (tertiary/aromatic N) is 1. The monoisotopic (exact) mass is 443 g/mol. The summed E-state index contributed by atoms with van der Waals surface area (Å²) in [6.07, 6.45) is -0.731. The van der Waals surface area contributed by atoms with Gasteiger partial charge in [-0.2, -0.15) is 0 Å². The zero-order valence-corrected chi connectivity index (χ0v) is 18.6. The number of carbonyl (C=O) groups excluding carboxylic acids is 1. The predicted molar refractivity (Wildman–Crippen MR) is 118 cm³/mol. The molecule has 1 amide bonds. The van der Waals surface area contributed by atoms with Crippen LogP contribution in [-0.2, 0) is 14.8 Å². The van der Waals surface area contributed by atoms with E-state index in [0.717, 1.165) is 0 Å². The van der Waals surface area contributed by atoms with Gasteiger partial charge in [-0.25, -0.2) is 8.42 Å². The molecule has 0 bridgehead atoms. The molecule has 3 aromatic rings. The minimum Gasteiger partial charge on any atom is -0.481 e. The third kappa shape index (κ3) is 5.85. The molecule has 8 nitrogen and oxygen atoms in total. The fourth-order valence-electron chi connectivity index (χ4n) is 2.76. The average Bonchev–Trinajstić information content (AvgIpc) is 3.12. The number of amides is 1. The Labute approximate surface area is 181 Å². The van der Waals surface area contributed by atoms with Gasteiger partial charge < -0.3 is 14.6 Å². The first-order chi connectivity index (χ1) is 14.6. The Kier molecular flexibility index (Phi) is 6.65. The van der Waals surface area contributed by atoms with Crippen LogP contribution in [0.4, 0.5) is 11.5 Å². The van der Waals surface area contributed by atoms with Gasteiger partial charge in [-0.05, 0) is 61.7 Å². The summed E-state index contributed by atoms with van der Waals surface area (Å²) in [7, 11) is -3.82. The van der Waals surface area contributed by atoms with Crippen LogP contribution in [0.1, 0.15) is 38.0 Å². The van der Waals surface area contributed by atoms with Crippen LogP contribution in [0.2, 0.25) is 0 Å². The number of benzene rings is 2. The highest BCUT2D eigenvalue weighted by molar-refractivity contribution is 7.92. The molecule has 0 unspecified atom stereocenters. The number of nitrogens with one attached hydrogen (secondary N) is 2. The van der Waals surface area contributed by atoms with Gasteiger partial charge in [0, 0.05) is 11.8 Å². The molecule has 0 saturated carbocycles. The standard InChI is InChI=1S/C22H25N3O5S/c1-14(2)17-5-9-19(10-6-17)29-16(4)22(26)23-18-7-11-20(12-8-18)31(27,28)25-21-13-15(3)30-24-21/h5-14,16H,1-4H3,(H,23,26)(H,24,25)/t16-/m0/s1. The molecule has 9 heteroatoms. The quantitative estimate of drug-likeness (QED) is 0.537. The highest BCUT2D eigenvalue weighted by Crippen LogP contribution is 2.21. The Morgan fingerprint density at radius 1 is 1.03 bits per heavy atom. The van der Waals surface area contributed by atoms with E-state index >= 15 is 0 Å². The second-order valence-electron chi connectivity index (χ2n) is 7.43. The van der Waals surface area contributed by atoms with E-state index in [1.807, 2.05) is 24.3 Å². The van der Waals surface area contributed by atoms with Gasteiger partial charge in [0.1, 0.15) is 11.5 Å². The summed E-state index contributed by atoms with van der Waals surface area (Å²) < 4.78 is 37.7. The highest BCUT2D eigenvalue weighted by Gasteiger charge is 2.18. The molecule has 164 valence electrons. The van der Waals surface area contributed by atoms with Crippen molar-refractivity contribution >= 4 is 27.4 Å². The normalized spacial score (nSPS) is 12.4. The molecule has 3 rings (SSSR count). The van der Waals surface area contributed by atoms with Gasteiger partial charge in [-0.3, -0.25) is 9.52 Å². The number of hydrogen-bond donors (Lipinski definition) is 2. The molecule has 0 radical (unpaired) electrons. The largest absolute Gasteiger partial charge is 0.481 e. The van der Waals surface area contributed by atoms with E-state index in [4.69, 9.17) is 9.26 Å². The number of aryl methyl sites for hydroxylation is 1. The minimum atomic E-state index is -3.82. The van der Waals surface area contributed by atoms with Crippen molar-refractivity contribution in [3.05, 3.63) is 65.9 Å². The lowest BCUT2D eigenvalue weighted by atomic mass is 10.0. The van der Waals surface area contributed by atoms with Crippen LogP contribution in [0.25, 0.3) is 0 Å². The smallest absolute Gasteiger partial charge is 0.265 e. The number of aromatic nitrogens is 1. The maximum atomic E-state index is 12.4. The Morgan fingerprint density at radius 2 is 1.68 bits per heavy atom. The zero-order valence-electron chi connectivity index (χ0n) is 17.7. The second kappa shape index (κ2) is 9.22. The van der Waals surface area contributed by atoms with E-state index < -0.39 is 16.1 Å². The van der Waals surface area contributed by atoms with Crippen LogP contribution in [0, 0.1) is 6.92 Å². The first-order valence-corrected chi connectivity index (χ1v) is 11.3. The molecule has 0 fully saturated rings. The van der Waals surface area contributed by atoms with Crippen molar-refractivity contribution in [1.82, 2.24) is 5.16 Å². The van der Waals surface area contributed by atoms with E-state index in [1.54, 1.807) is 13.8 Å². The van der Waals surface area contributed by atoms with Crippen molar-refractivity contribution in [2.24, 2.45) is 0 Å². The van der Waals surface area contributed by atoms with Crippen molar-refractivity contribution in [2.75, 3.05) is 10.0 Å². The van der Waals surface area contributed by atoms with Crippen molar-refractivity contribution in [3.63, 3.8) is 0 Å². The van der Waals surface area contributed by atoms with Gasteiger partial charge in [0.2, 0.25) is 0 Å². The molecule has 0 aliphatic carbocycles. The number of ether oxygens (including phenoxy) is 1. The Balaban J connectivity index is 1.60. The first-order valence-electron chi connectivity index (χ1n) is 9.78. The van der Waals surface area contributed by atoms with Crippen molar-refractivity contribution in [2.45, 2.75) is 44.6 Å². The molecule has 2 N–H and O–H groups in total. The van der Waals surface area contributed by atoms with Gasteiger partial charge in [-0.1, -0.05) is 31.1 Å². The van der Waals surface area contributed by atoms with Crippen LogP contribution < -0.4 is 14.8 Å². The maximum absolute atomic E-state index is 12.4. The van der Waals surface area contributed by atoms with Gasteiger partial charge in [0.05, 0.1) is 4.90 Å². The summed E-state index contributed by atoms with van der Waals surface area (Å²) in [6.45, 7) is 7.52. The maximum Gasteiger partial charge on any atom is 0.265 e. The predicted octanol–water partition coefficient (Wildman–Crippen LogP) is 4.31. The summed E-state index contributed by atoms with van der Waals surface area (Å²) in [5.41, 5.74) is 1.64. The average molecular weight is 444 g/mol. The van der Waals surface area contributed by atoms with E-state index in [1.165, 1.54) is 35.9 Å². The van der Waals surface area contributed by atoms with Crippen molar-refractivity contribution < 1.29 is 22.5 Å².